The molecule has 0 aromatic carbocycles. The van der Waals surface area contributed by atoms with Crippen molar-refractivity contribution in [3.05, 3.63) is 29.3 Å². The van der Waals surface area contributed by atoms with Crippen LogP contribution in [0.3, 0.4) is 0 Å². The summed E-state index contributed by atoms with van der Waals surface area (Å²) in [7, 11) is 7.60. The Balaban J connectivity index is 2.36. The normalized spacial score (nSPS) is 12.9. The van der Waals surface area contributed by atoms with Crippen molar-refractivity contribution in [2.75, 3.05) is 27.7 Å². The fraction of sp³-hybridized carbons (Fsp3) is 0.571. The van der Waals surface area contributed by atoms with E-state index in [1.807, 2.05) is 43.5 Å². The molecule has 0 amide bonds. The van der Waals surface area contributed by atoms with Gasteiger partial charge in [-0.15, -0.1) is 0 Å². The van der Waals surface area contributed by atoms with E-state index in [4.69, 9.17) is 10.5 Å². The van der Waals surface area contributed by atoms with Gasteiger partial charge in [0.2, 0.25) is 0 Å². The number of likely N-dealkylation sites (N-methyl/N-ethyl adjacent to an activating group) is 1. The van der Waals surface area contributed by atoms with Gasteiger partial charge in [-0.2, -0.15) is 10.2 Å². The van der Waals surface area contributed by atoms with Crippen molar-refractivity contribution in [3.63, 3.8) is 0 Å². The van der Waals surface area contributed by atoms with Crippen molar-refractivity contribution in [2.24, 2.45) is 12.8 Å². The minimum absolute atomic E-state index is 0.323. The topological polar surface area (TPSA) is 74.1 Å². The summed E-state index contributed by atoms with van der Waals surface area (Å²) in [5.41, 5.74) is 9.21. The van der Waals surface area contributed by atoms with Crippen LogP contribution in [-0.4, -0.2) is 52.2 Å². The van der Waals surface area contributed by atoms with E-state index in [-0.39, 0.29) is 6.04 Å². The van der Waals surface area contributed by atoms with Gasteiger partial charge in [0.25, 0.3) is 0 Å². The van der Waals surface area contributed by atoms with Crippen LogP contribution in [0.5, 0.6) is 5.75 Å². The first-order chi connectivity index (χ1) is 9.93. The number of aryl methyl sites for hydroxylation is 2. The molecule has 2 N–H and O–H groups in total. The van der Waals surface area contributed by atoms with E-state index < -0.39 is 0 Å². The van der Waals surface area contributed by atoms with Gasteiger partial charge in [0.05, 0.1) is 37.3 Å². The molecule has 0 radical (unpaired) electrons. The van der Waals surface area contributed by atoms with E-state index in [2.05, 4.69) is 15.1 Å². The zero-order valence-electron chi connectivity index (χ0n) is 13.4. The Morgan fingerprint density at radius 2 is 2.14 bits per heavy atom. The molecule has 2 heterocycles. The van der Waals surface area contributed by atoms with Crippen LogP contribution >= 0.6 is 0 Å². The first kappa shape index (κ1) is 15.5. The number of hydrogen-bond donors (Lipinski definition) is 1. The third kappa shape index (κ3) is 3.25. The van der Waals surface area contributed by atoms with Gasteiger partial charge in [0, 0.05) is 13.6 Å². The van der Waals surface area contributed by atoms with Crippen LogP contribution in [0.4, 0.5) is 0 Å². The fourth-order valence-electron chi connectivity index (χ4n) is 2.38. The molecule has 0 fully saturated rings. The maximum absolute atomic E-state index is 6.44. The Morgan fingerprint density at radius 1 is 1.43 bits per heavy atom. The average Bonchev–Trinajstić information content (AvgIpc) is 2.98. The highest BCUT2D eigenvalue weighted by Gasteiger charge is 2.23. The number of hydrogen-bond acceptors (Lipinski definition) is 5. The number of nitrogens with two attached hydrogens (primary N) is 1. The van der Waals surface area contributed by atoms with Gasteiger partial charge >= 0.3 is 0 Å². The van der Waals surface area contributed by atoms with E-state index in [0.29, 0.717) is 5.75 Å². The van der Waals surface area contributed by atoms with Crippen LogP contribution in [0.1, 0.15) is 23.1 Å². The second-order valence-corrected chi connectivity index (χ2v) is 5.44. The first-order valence-electron chi connectivity index (χ1n) is 6.94. The Kier molecular flexibility index (Phi) is 4.64. The van der Waals surface area contributed by atoms with Crippen LogP contribution < -0.4 is 10.5 Å². The van der Waals surface area contributed by atoms with E-state index in [1.165, 1.54) is 0 Å². The summed E-state index contributed by atoms with van der Waals surface area (Å²) in [4.78, 5) is 2.11. The van der Waals surface area contributed by atoms with Crippen LogP contribution in [0.2, 0.25) is 0 Å². The molecular weight excluding hydrogens is 268 g/mol. The van der Waals surface area contributed by atoms with Crippen molar-refractivity contribution in [3.8, 4) is 5.75 Å². The number of aromatic nitrogens is 4. The molecule has 0 bridgehead atoms. The molecule has 0 aliphatic rings. The molecule has 116 valence electrons. The van der Waals surface area contributed by atoms with Crippen LogP contribution in [-0.2, 0) is 13.6 Å². The smallest absolute Gasteiger partial charge is 0.161 e. The fourth-order valence-corrected chi connectivity index (χ4v) is 2.38. The highest BCUT2D eigenvalue weighted by Crippen LogP contribution is 2.28. The molecule has 0 spiro atoms. The third-order valence-corrected chi connectivity index (χ3v) is 3.48. The molecule has 1 atom stereocenters. The molecule has 2 rings (SSSR count). The largest absolute Gasteiger partial charge is 0.493 e. The Bertz CT molecular complexity index is 601. The predicted molar refractivity (Wildman–Crippen MR) is 81.3 cm³/mol. The molecule has 21 heavy (non-hydrogen) atoms. The molecule has 1 unspecified atom stereocenters. The Morgan fingerprint density at radius 3 is 2.67 bits per heavy atom. The van der Waals surface area contributed by atoms with Gasteiger partial charge in [-0.05, 0) is 27.1 Å². The van der Waals surface area contributed by atoms with Gasteiger partial charge in [0.1, 0.15) is 5.69 Å². The maximum atomic E-state index is 6.44. The summed E-state index contributed by atoms with van der Waals surface area (Å²) in [5.74, 6) is 0.708. The average molecular weight is 292 g/mol. The van der Waals surface area contributed by atoms with E-state index in [1.54, 1.807) is 13.3 Å². The predicted octanol–water partition coefficient (Wildman–Crippen LogP) is 0.543. The molecule has 0 saturated carbocycles. The molecule has 0 saturated heterocycles. The minimum atomic E-state index is -0.323. The maximum Gasteiger partial charge on any atom is 0.161 e. The summed E-state index contributed by atoms with van der Waals surface area (Å²) in [6.45, 7) is 3.60. The molecule has 0 aliphatic heterocycles. The lowest BCUT2D eigenvalue weighted by Gasteiger charge is -2.17. The summed E-state index contributed by atoms with van der Waals surface area (Å²) in [5, 5.41) is 8.76. The van der Waals surface area contributed by atoms with Crippen molar-refractivity contribution >= 4 is 0 Å². The van der Waals surface area contributed by atoms with Gasteiger partial charge in [0.15, 0.2) is 5.75 Å². The van der Waals surface area contributed by atoms with Gasteiger partial charge in [-0.3, -0.25) is 9.36 Å². The van der Waals surface area contributed by atoms with Gasteiger partial charge < -0.3 is 15.4 Å². The molecule has 7 heteroatoms. The van der Waals surface area contributed by atoms with Crippen LogP contribution in [0, 0.1) is 6.92 Å². The summed E-state index contributed by atoms with van der Waals surface area (Å²) in [6.07, 6.45) is 1.72. The zero-order valence-corrected chi connectivity index (χ0v) is 13.4. The lowest BCUT2D eigenvalue weighted by atomic mass is 10.1. The second-order valence-electron chi connectivity index (χ2n) is 5.44. The second kappa shape index (κ2) is 6.28. The van der Waals surface area contributed by atoms with Crippen LogP contribution in [0.15, 0.2) is 12.3 Å². The minimum Gasteiger partial charge on any atom is -0.493 e. The molecule has 0 aliphatic carbocycles. The monoisotopic (exact) mass is 292 g/mol. The highest BCUT2D eigenvalue weighted by molar-refractivity contribution is 5.34. The van der Waals surface area contributed by atoms with Crippen LogP contribution in [0.25, 0.3) is 0 Å². The van der Waals surface area contributed by atoms with Crippen molar-refractivity contribution in [1.29, 1.82) is 0 Å². The number of rotatable bonds is 6. The molecule has 7 nitrogen and oxygen atoms in total. The SMILES string of the molecule is COc1cnn(CCN(C)C)c1C(N)c1cc(C)nn1C. The lowest BCUT2D eigenvalue weighted by molar-refractivity contribution is 0.362. The van der Waals surface area contributed by atoms with E-state index in [9.17, 15) is 0 Å². The van der Waals surface area contributed by atoms with Gasteiger partial charge in [-0.1, -0.05) is 0 Å². The van der Waals surface area contributed by atoms with E-state index >= 15 is 0 Å². The Labute approximate surface area is 125 Å². The molecule has 2 aromatic rings. The highest BCUT2D eigenvalue weighted by atomic mass is 16.5. The van der Waals surface area contributed by atoms with Crippen molar-refractivity contribution in [1.82, 2.24) is 24.5 Å². The summed E-state index contributed by atoms with van der Waals surface area (Å²) >= 11 is 0. The number of methoxy groups -OCH3 is 1. The van der Waals surface area contributed by atoms with Crippen molar-refractivity contribution in [2.45, 2.75) is 19.5 Å². The zero-order chi connectivity index (χ0) is 15.6. The summed E-state index contributed by atoms with van der Waals surface area (Å²) < 4.78 is 9.13. The lowest BCUT2D eigenvalue weighted by Crippen LogP contribution is -2.24. The summed E-state index contributed by atoms with van der Waals surface area (Å²) in [6, 6.07) is 1.67. The quantitative estimate of drug-likeness (QED) is 0.841. The standard InChI is InChI=1S/C14H24N6O/c1-10-8-11(19(4)17-10)13(15)14-12(21-5)9-16-20(14)7-6-18(2)3/h8-9,13H,6-7,15H2,1-5H3. The molecule has 2 aromatic heterocycles. The number of ether oxygens (including phenoxy) is 1. The van der Waals surface area contributed by atoms with Crippen molar-refractivity contribution < 1.29 is 4.74 Å². The Hall–Kier alpha value is -1.86. The van der Waals surface area contributed by atoms with E-state index in [0.717, 1.165) is 30.2 Å². The molecular formula is C14H24N6O. The first-order valence-corrected chi connectivity index (χ1v) is 6.94. The third-order valence-electron chi connectivity index (χ3n) is 3.48. The number of nitrogens with zero attached hydrogens (tertiary/aromatic N) is 5. The van der Waals surface area contributed by atoms with Gasteiger partial charge in [-0.25, -0.2) is 0 Å².